The summed E-state index contributed by atoms with van der Waals surface area (Å²) >= 11 is 6.56. The van der Waals surface area contributed by atoms with Gasteiger partial charge >= 0.3 is 5.97 Å². The van der Waals surface area contributed by atoms with Gasteiger partial charge in [-0.2, -0.15) is 0 Å². The van der Waals surface area contributed by atoms with Crippen LogP contribution in [0.4, 0.5) is 14.5 Å². The minimum Gasteiger partial charge on any atom is -0.477 e. The number of hydrogen-bond acceptors (Lipinski definition) is 4. The SMILES string of the molecule is NC1CN(c2c(F)cc3c(=O)c(C(=O)O)cn([C@H]4CC4F)c3c2Cl)CC12CC2. The number of hydrogen-bond donors (Lipinski definition) is 2. The molecule has 9 heteroatoms. The highest BCUT2D eigenvalue weighted by Gasteiger charge is 2.54. The van der Waals surface area contributed by atoms with Crippen molar-refractivity contribution in [1.29, 1.82) is 0 Å². The highest BCUT2D eigenvalue weighted by Crippen LogP contribution is 2.54. The van der Waals surface area contributed by atoms with Crippen molar-refractivity contribution in [3.8, 4) is 0 Å². The molecule has 2 heterocycles. The Morgan fingerprint density at radius 2 is 2.07 bits per heavy atom. The van der Waals surface area contributed by atoms with Gasteiger partial charge in [0.1, 0.15) is 17.6 Å². The van der Waals surface area contributed by atoms with E-state index in [1.54, 1.807) is 4.90 Å². The van der Waals surface area contributed by atoms with E-state index in [1.807, 2.05) is 0 Å². The van der Waals surface area contributed by atoms with Crippen molar-refractivity contribution in [2.45, 2.75) is 37.5 Å². The molecule has 0 bridgehead atoms. The summed E-state index contributed by atoms with van der Waals surface area (Å²) in [7, 11) is 0. The molecule has 3 N–H and O–H groups in total. The molecule has 1 aliphatic heterocycles. The molecule has 5 rings (SSSR count). The summed E-state index contributed by atoms with van der Waals surface area (Å²) in [6.45, 7) is 1.01. The van der Waals surface area contributed by atoms with Crippen LogP contribution in [0.25, 0.3) is 10.9 Å². The van der Waals surface area contributed by atoms with Crippen LogP contribution >= 0.6 is 11.6 Å². The summed E-state index contributed by atoms with van der Waals surface area (Å²) in [5.74, 6) is -2.15. The fourth-order valence-electron chi connectivity index (χ4n) is 4.43. The van der Waals surface area contributed by atoms with Crippen LogP contribution in [0.15, 0.2) is 17.1 Å². The summed E-state index contributed by atoms with van der Waals surface area (Å²) in [5, 5.41) is 9.16. The molecule has 3 aliphatic rings. The molecule has 1 spiro atoms. The zero-order valence-corrected chi connectivity index (χ0v) is 15.5. The second kappa shape index (κ2) is 5.67. The Hall–Kier alpha value is -2.19. The van der Waals surface area contributed by atoms with E-state index in [-0.39, 0.29) is 39.5 Å². The van der Waals surface area contributed by atoms with Gasteiger partial charge in [0.05, 0.1) is 27.7 Å². The van der Waals surface area contributed by atoms with E-state index in [2.05, 4.69) is 0 Å². The van der Waals surface area contributed by atoms with Crippen molar-refractivity contribution in [3.63, 3.8) is 0 Å². The zero-order chi connectivity index (χ0) is 20.0. The first-order valence-electron chi connectivity index (χ1n) is 9.18. The highest BCUT2D eigenvalue weighted by molar-refractivity contribution is 6.38. The summed E-state index contributed by atoms with van der Waals surface area (Å²) in [4.78, 5) is 25.8. The van der Waals surface area contributed by atoms with Crippen LogP contribution in [-0.4, -0.2) is 40.9 Å². The largest absolute Gasteiger partial charge is 0.477 e. The molecule has 148 valence electrons. The number of carboxylic acids is 1. The number of pyridine rings is 1. The smallest absolute Gasteiger partial charge is 0.341 e. The predicted octanol–water partition coefficient (Wildman–Crippen LogP) is 2.70. The van der Waals surface area contributed by atoms with Gasteiger partial charge in [-0.3, -0.25) is 4.79 Å². The van der Waals surface area contributed by atoms with Crippen molar-refractivity contribution in [1.82, 2.24) is 4.57 Å². The zero-order valence-electron chi connectivity index (χ0n) is 14.8. The first kappa shape index (κ1) is 17.9. The van der Waals surface area contributed by atoms with Gasteiger partial charge in [-0.15, -0.1) is 0 Å². The minimum atomic E-state index is -1.45. The summed E-state index contributed by atoms with van der Waals surface area (Å²) in [6.07, 6.45) is 2.11. The van der Waals surface area contributed by atoms with Gasteiger partial charge in [-0.25, -0.2) is 13.6 Å². The molecule has 1 saturated heterocycles. The maximum Gasteiger partial charge on any atom is 0.341 e. The van der Waals surface area contributed by atoms with E-state index >= 15 is 4.39 Å². The lowest BCUT2D eigenvalue weighted by Gasteiger charge is -2.23. The lowest BCUT2D eigenvalue weighted by molar-refractivity contribution is 0.0694. The van der Waals surface area contributed by atoms with E-state index in [0.717, 1.165) is 25.1 Å². The quantitative estimate of drug-likeness (QED) is 0.813. The van der Waals surface area contributed by atoms with Gasteiger partial charge < -0.3 is 20.3 Å². The third-order valence-corrected chi connectivity index (χ3v) is 6.73. The van der Waals surface area contributed by atoms with E-state index in [9.17, 15) is 19.1 Å². The number of aromatic nitrogens is 1. The Labute approximate surface area is 163 Å². The number of anilines is 1. The first-order valence-corrected chi connectivity index (χ1v) is 9.56. The molecule has 2 aromatic rings. The third kappa shape index (κ3) is 2.40. The van der Waals surface area contributed by atoms with Gasteiger partial charge in [0, 0.05) is 37.2 Å². The normalized spacial score (nSPS) is 27.6. The molecule has 1 aromatic heterocycles. The van der Waals surface area contributed by atoms with E-state index in [4.69, 9.17) is 17.3 Å². The number of carbonyl (C=O) groups is 1. The van der Waals surface area contributed by atoms with Crippen LogP contribution in [-0.2, 0) is 0 Å². The van der Waals surface area contributed by atoms with Crippen LogP contribution in [0.3, 0.4) is 0 Å². The van der Waals surface area contributed by atoms with Crippen molar-refractivity contribution in [3.05, 3.63) is 38.9 Å². The van der Waals surface area contributed by atoms with Crippen molar-refractivity contribution in [2.75, 3.05) is 18.0 Å². The monoisotopic (exact) mass is 409 g/mol. The third-order valence-electron chi connectivity index (χ3n) is 6.37. The van der Waals surface area contributed by atoms with Crippen molar-refractivity contribution >= 4 is 34.2 Å². The number of nitrogens with zero attached hydrogens (tertiary/aromatic N) is 2. The lowest BCUT2D eigenvalue weighted by atomic mass is 10.0. The number of nitrogens with two attached hydrogens (primary N) is 1. The van der Waals surface area contributed by atoms with E-state index < -0.39 is 35.0 Å². The molecule has 2 unspecified atom stereocenters. The predicted molar refractivity (Wildman–Crippen MR) is 101 cm³/mol. The molecule has 2 saturated carbocycles. The molecule has 0 radical (unpaired) electrons. The number of alkyl halides is 1. The topological polar surface area (TPSA) is 88.6 Å². The number of halogens is 3. The molecular weight excluding hydrogens is 392 g/mol. The fourth-order valence-corrected chi connectivity index (χ4v) is 4.84. The average molecular weight is 410 g/mol. The van der Waals surface area contributed by atoms with E-state index in [1.165, 1.54) is 4.57 Å². The maximum absolute atomic E-state index is 15.0. The van der Waals surface area contributed by atoms with Crippen LogP contribution < -0.4 is 16.1 Å². The number of fused-ring (bicyclic) bond motifs is 1. The number of carboxylic acid groups (broad SMARTS) is 1. The number of aromatic carboxylic acids is 1. The van der Waals surface area contributed by atoms with Crippen molar-refractivity contribution < 1.29 is 18.7 Å². The molecule has 0 amide bonds. The van der Waals surface area contributed by atoms with Crippen LogP contribution in [0.5, 0.6) is 0 Å². The highest BCUT2D eigenvalue weighted by atomic mass is 35.5. The summed E-state index contributed by atoms with van der Waals surface area (Å²) < 4.78 is 30.2. The molecule has 3 fully saturated rings. The summed E-state index contributed by atoms with van der Waals surface area (Å²) in [5.41, 5.74) is 5.15. The fraction of sp³-hybridized carbons (Fsp3) is 0.474. The Balaban J connectivity index is 1.75. The molecule has 3 atom stereocenters. The van der Waals surface area contributed by atoms with Gasteiger partial charge in [-0.05, 0) is 18.9 Å². The second-order valence-electron chi connectivity index (χ2n) is 8.17. The molecule has 6 nitrogen and oxygen atoms in total. The van der Waals surface area contributed by atoms with Crippen molar-refractivity contribution in [2.24, 2.45) is 11.1 Å². The van der Waals surface area contributed by atoms with Gasteiger partial charge in [-0.1, -0.05) is 11.6 Å². The van der Waals surface area contributed by atoms with Crippen LogP contribution in [0.1, 0.15) is 35.7 Å². The minimum absolute atomic E-state index is 0.00645. The van der Waals surface area contributed by atoms with Gasteiger partial charge in [0.25, 0.3) is 0 Å². The van der Waals surface area contributed by atoms with E-state index in [0.29, 0.717) is 13.1 Å². The maximum atomic E-state index is 15.0. The molecular formula is C19H18ClF2N3O3. The first-order chi connectivity index (χ1) is 13.2. The van der Waals surface area contributed by atoms with Gasteiger partial charge in [0.2, 0.25) is 5.43 Å². The Morgan fingerprint density at radius 1 is 1.39 bits per heavy atom. The summed E-state index contributed by atoms with van der Waals surface area (Å²) in [6, 6.07) is 0.308. The molecule has 2 aliphatic carbocycles. The Morgan fingerprint density at radius 3 is 2.61 bits per heavy atom. The van der Waals surface area contributed by atoms with Crippen LogP contribution in [0, 0.1) is 11.2 Å². The number of benzene rings is 1. The molecule has 28 heavy (non-hydrogen) atoms. The lowest BCUT2D eigenvalue weighted by Crippen LogP contribution is -2.30. The standard InChI is InChI=1S/C19H18ClF2N3O3/c20-14-15-8(17(26)9(18(27)28)5-25(15)12-4-10(12)21)3-11(22)16(14)24-6-13(23)19(7-24)1-2-19/h3,5,10,12-13H,1-2,4,6-7,23H2,(H,27,28)/t10?,12-,13?/m0/s1. The number of rotatable bonds is 3. The van der Waals surface area contributed by atoms with Crippen LogP contribution in [0.2, 0.25) is 5.02 Å². The average Bonchev–Trinajstić information content (AvgIpc) is 3.51. The van der Waals surface area contributed by atoms with Gasteiger partial charge in [0.15, 0.2) is 0 Å². The Kier molecular flexibility index (Phi) is 3.62. The molecule has 1 aromatic carbocycles. The Bertz CT molecular complexity index is 1100. The second-order valence-corrected chi connectivity index (χ2v) is 8.55.